The maximum atomic E-state index is 13.6. The van der Waals surface area contributed by atoms with E-state index in [0.29, 0.717) is 0 Å². The van der Waals surface area contributed by atoms with Crippen LogP contribution in [0, 0.1) is 5.82 Å². The molecule has 0 spiro atoms. The van der Waals surface area contributed by atoms with Gasteiger partial charge >= 0.3 is 5.97 Å². The summed E-state index contributed by atoms with van der Waals surface area (Å²) in [5, 5.41) is 11.0. The van der Waals surface area contributed by atoms with Gasteiger partial charge in [-0.2, -0.15) is 0 Å². The summed E-state index contributed by atoms with van der Waals surface area (Å²) >= 11 is 5.60. The van der Waals surface area contributed by atoms with Crippen LogP contribution < -0.4 is 5.32 Å². The number of hydrogen-bond donors (Lipinski definition) is 2. The van der Waals surface area contributed by atoms with Gasteiger partial charge in [-0.25, -0.2) is 9.18 Å². The zero-order chi connectivity index (χ0) is 15.3. The highest BCUT2D eigenvalue weighted by Gasteiger charge is 2.22. The Morgan fingerprint density at radius 1 is 1.50 bits per heavy atom. The molecule has 0 aliphatic rings. The summed E-state index contributed by atoms with van der Waals surface area (Å²) in [6, 6.07) is 3.03. The van der Waals surface area contributed by atoms with Crippen molar-refractivity contribution >= 4 is 34.3 Å². The molecule has 110 valence electrons. The highest BCUT2D eigenvalue weighted by molar-refractivity contribution is 7.84. The molecule has 20 heavy (non-hydrogen) atoms. The van der Waals surface area contributed by atoms with E-state index in [1.165, 1.54) is 18.2 Å². The fourth-order valence-electron chi connectivity index (χ4n) is 1.50. The Bertz CT molecular complexity index is 552. The molecule has 0 aliphatic heterocycles. The molecule has 0 saturated carbocycles. The van der Waals surface area contributed by atoms with Crippen LogP contribution >= 0.6 is 11.6 Å². The third-order valence-corrected chi connectivity index (χ3v) is 4.01. The molecule has 0 aromatic heterocycles. The van der Waals surface area contributed by atoms with Crippen LogP contribution in [-0.2, 0) is 26.1 Å². The molecule has 2 atom stereocenters. The highest BCUT2D eigenvalue weighted by atomic mass is 35.5. The van der Waals surface area contributed by atoms with Gasteiger partial charge in [0.25, 0.3) is 0 Å². The number of hydrogen-bond acceptors (Lipinski definition) is 3. The zero-order valence-electron chi connectivity index (χ0n) is 10.6. The summed E-state index contributed by atoms with van der Waals surface area (Å²) in [7, 11) is -1.65. The maximum absolute atomic E-state index is 13.6. The first-order chi connectivity index (χ1) is 9.31. The summed E-state index contributed by atoms with van der Waals surface area (Å²) in [5.74, 6) is -2.98. The predicted molar refractivity (Wildman–Crippen MR) is 73.4 cm³/mol. The largest absolute Gasteiger partial charge is 0.480 e. The lowest BCUT2D eigenvalue weighted by Gasteiger charge is -2.13. The Morgan fingerprint density at radius 3 is 2.70 bits per heavy atom. The van der Waals surface area contributed by atoms with Gasteiger partial charge in [-0.3, -0.25) is 9.00 Å². The van der Waals surface area contributed by atoms with E-state index in [2.05, 4.69) is 5.32 Å². The number of carboxylic acids is 1. The van der Waals surface area contributed by atoms with E-state index >= 15 is 0 Å². The van der Waals surface area contributed by atoms with Crippen LogP contribution in [0.25, 0.3) is 0 Å². The quantitative estimate of drug-likeness (QED) is 0.827. The molecule has 1 amide bonds. The van der Waals surface area contributed by atoms with E-state index in [9.17, 15) is 18.2 Å². The predicted octanol–water partition coefficient (Wildman–Crippen LogP) is 1.32. The van der Waals surface area contributed by atoms with E-state index in [1.807, 2.05) is 0 Å². The van der Waals surface area contributed by atoms with Crippen molar-refractivity contribution in [2.24, 2.45) is 0 Å². The van der Waals surface area contributed by atoms with Crippen molar-refractivity contribution in [1.29, 1.82) is 0 Å². The molecule has 2 N–H and O–H groups in total. The lowest BCUT2D eigenvalue weighted by molar-refractivity contribution is -0.140. The molecule has 1 aromatic carbocycles. The van der Waals surface area contributed by atoms with Gasteiger partial charge in [-0.15, -0.1) is 0 Å². The van der Waals surface area contributed by atoms with Crippen LogP contribution in [0.2, 0.25) is 5.02 Å². The molecule has 0 radical (unpaired) electrons. The number of nitrogens with one attached hydrogen (secondary N) is 1. The number of amides is 1. The second-order valence-corrected chi connectivity index (χ2v) is 5.96. The van der Waals surface area contributed by atoms with Crippen LogP contribution in [0.15, 0.2) is 18.2 Å². The molecular weight excluding hydrogens is 309 g/mol. The number of aliphatic carboxylic acids is 1. The molecule has 0 bridgehead atoms. The Kier molecular flexibility index (Phi) is 6.09. The minimum atomic E-state index is -1.65. The summed E-state index contributed by atoms with van der Waals surface area (Å²) in [6.07, 6.45) is 0. The SMILES string of the molecule is CC(=O)NC(CS(=O)Cc1cccc(Cl)c1F)C(=O)O. The van der Waals surface area contributed by atoms with Gasteiger partial charge in [0, 0.05) is 23.3 Å². The first-order valence-corrected chi connectivity index (χ1v) is 7.45. The van der Waals surface area contributed by atoms with E-state index < -0.39 is 34.5 Å². The minimum Gasteiger partial charge on any atom is -0.480 e. The molecule has 2 unspecified atom stereocenters. The summed E-state index contributed by atoms with van der Waals surface area (Å²) in [4.78, 5) is 21.7. The molecule has 0 fully saturated rings. The average molecular weight is 322 g/mol. The van der Waals surface area contributed by atoms with E-state index in [0.717, 1.165) is 6.92 Å². The molecule has 5 nitrogen and oxygen atoms in total. The Morgan fingerprint density at radius 2 is 2.15 bits per heavy atom. The fourth-order valence-corrected chi connectivity index (χ4v) is 2.98. The third kappa shape index (κ3) is 4.90. The lowest BCUT2D eigenvalue weighted by atomic mass is 10.2. The minimum absolute atomic E-state index is 0.0869. The Balaban J connectivity index is 2.73. The molecule has 0 saturated heterocycles. The van der Waals surface area contributed by atoms with Crippen molar-refractivity contribution in [2.75, 3.05) is 5.75 Å². The Labute approximate surface area is 122 Å². The number of carbonyl (C=O) groups excluding carboxylic acids is 1. The number of rotatable bonds is 6. The van der Waals surface area contributed by atoms with Crippen molar-refractivity contribution < 1.29 is 23.3 Å². The normalized spacial score (nSPS) is 13.6. The monoisotopic (exact) mass is 321 g/mol. The fraction of sp³-hybridized carbons (Fsp3) is 0.333. The maximum Gasteiger partial charge on any atom is 0.327 e. The van der Waals surface area contributed by atoms with E-state index in [-0.39, 0.29) is 22.1 Å². The molecule has 0 aliphatic carbocycles. The first kappa shape index (κ1) is 16.6. The van der Waals surface area contributed by atoms with Gasteiger partial charge in [0.15, 0.2) is 0 Å². The Hall–Kier alpha value is -1.47. The van der Waals surface area contributed by atoms with E-state index in [4.69, 9.17) is 16.7 Å². The van der Waals surface area contributed by atoms with Crippen LogP contribution in [0.5, 0.6) is 0 Å². The number of carbonyl (C=O) groups is 2. The molecule has 1 rings (SSSR count). The van der Waals surface area contributed by atoms with Gasteiger partial charge in [0.05, 0.1) is 16.5 Å². The highest BCUT2D eigenvalue weighted by Crippen LogP contribution is 2.19. The summed E-state index contributed by atoms with van der Waals surface area (Å²) in [6.45, 7) is 1.16. The topological polar surface area (TPSA) is 83.5 Å². The van der Waals surface area contributed by atoms with Gasteiger partial charge in [-0.1, -0.05) is 23.7 Å². The molecular formula is C12H13ClFNO4S. The van der Waals surface area contributed by atoms with Crippen molar-refractivity contribution in [3.63, 3.8) is 0 Å². The van der Waals surface area contributed by atoms with Crippen LogP contribution in [0.3, 0.4) is 0 Å². The second-order valence-electron chi connectivity index (χ2n) is 4.06. The molecule has 8 heteroatoms. The van der Waals surface area contributed by atoms with E-state index in [1.54, 1.807) is 0 Å². The van der Waals surface area contributed by atoms with Crippen molar-refractivity contribution in [3.8, 4) is 0 Å². The third-order valence-electron chi connectivity index (χ3n) is 2.38. The standard InChI is InChI=1S/C12H13ClFNO4S/c1-7(16)15-10(12(17)18)6-20(19)5-8-3-2-4-9(13)11(8)14/h2-4,10H,5-6H2,1H3,(H,15,16)(H,17,18). The molecule has 0 heterocycles. The zero-order valence-corrected chi connectivity index (χ0v) is 12.1. The van der Waals surface area contributed by atoms with Gasteiger partial charge in [-0.05, 0) is 6.07 Å². The van der Waals surface area contributed by atoms with Crippen LogP contribution in [0.4, 0.5) is 4.39 Å². The van der Waals surface area contributed by atoms with Crippen molar-refractivity contribution in [1.82, 2.24) is 5.32 Å². The van der Waals surface area contributed by atoms with Gasteiger partial charge < -0.3 is 10.4 Å². The number of benzene rings is 1. The summed E-state index contributed by atoms with van der Waals surface area (Å²) in [5.41, 5.74) is 0.141. The number of carboxylic acid groups (broad SMARTS) is 1. The van der Waals surface area contributed by atoms with Crippen molar-refractivity contribution in [2.45, 2.75) is 18.7 Å². The van der Waals surface area contributed by atoms with Crippen LogP contribution in [0.1, 0.15) is 12.5 Å². The first-order valence-electron chi connectivity index (χ1n) is 5.59. The van der Waals surface area contributed by atoms with Gasteiger partial charge in [0.1, 0.15) is 11.9 Å². The van der Waals surface area contributed by atoms with Crippen LogP contribution in [-0.4, -0.2) is 33.0 Å². The summed E-state index contributed by atoms with van der Waals surface area (Å²) < 4.78 is 25.5. The van der Waals surface area contributed by atoms with Crippen molar-refractivity contribution in [3.05, 3.63) is 34.6 Å². The number of halogens is 2. The molecule has 1 aromatic rings. The second kappa shape index (κ2) is 7.35. The van der Waals surface area contributed by atoms with Gasteiger partial charge in [0.2, 0.25) is 5.91 Å². The lowest BCUT2D eigenvalue weighted by Crippen LogP contribution is -2.43. The smallest absolute Gasteiger partial charge is 0.327 e. The average Bonchev–Trinajstić information content (AvgIpc) is 2.33.